The van der Waals surface area contributed by atoms with Crippen LogP contribution in [0.5, 0.6) is 5.75 Å². The van der Waals surface area contributed by atoms with Crippen LogP contribution in [0.4, 0.5) is 26.3 Å². The normalized spacial score (nSPS) is 12.2. The van der Waals surface area contributed by atoms with Crippen molar-refractivity contribution in [3.63, 3.8) is 0 Å². The molecule has 0 N–H and O–H groups in total. The van der Waals surface area contributed by atoms with Crippen LogP contribution < -0.4 is 4.74 Å². The average Bonchev–Trinajstić information content (AvgIpc) is 2.33. The second-order valence-electron chi connectivity index (χ2n) is 3.64. The third-order valence-electron chi connectivity index (χ3n) is 2.06. The van der Waals surface area contributed by atoms with Crippen molar-refractivity contribution in [3.05, 3.63) is 29.3 Å². The van der Waals surface area contributed by atoms with Crippen LogP contribution in [-0.2, 0) is 10.9 Å². The van der Waals surface area contributed by atoms with Crippen molar-refractivity contribution in [2.45, 2.75) is 12.4 Å². The van der Waals surface area contributed by atoms with E-state index in [-0.39, 0.29) is 0 Å². The zero-order valence-corrected chi connectivity index (χ0v) is 9.93. The Kier molecular flexibility index (Phi) is 4.51. The van der Waals surface area contributed by atoms with Gasteiger partial charge in [0.1, 0.15) is 5.75 Å². The highest BCUT2D eigenvalue weighted by molar-refractivity contribution is 5.90. The summed E-state index contributed by atoms with van der Waals surface area (Å²) >= 11 is 0. The molecule has 9 heteroatoms. The molecule has 0 spiro atoms. The van der Waals surface area contributed by atoms with E-state index in [0.717, 1.165) is 13.2 Å². The second-order valence-corrected chi connectivity index (χ2v) is 3.64. The van der Waals surface area contributed by atoms with Gasteiger partial charge in [0.15, 0.2) is 6.61 Å². The van der Waals surface area contributed by atoms with Crippen molar-refractivity contribution in [1.82, 2.24) is 0 Å². The minimum Gasteiger partial charge on any atom is -0.484 e. The summed E-state index contributed by atoms with van der Waals surface area (Å²) in [5, 5.41) is 0. The van der Waals surface area contributed by atoms with E-state index in [1.165, 1.54) is 0 Å². The van der Waals surface area contributed by atoms with Crippen LogP contribution in [0, 0.1) is 0 Å². The van der Waals surface area contributed by atoms with Crippen LogP contribution in [0.2, 0.25) is 0 Å². The number of benzene rings is 1. The number of hydrogen-bond acceptors (Lipinski definition) is 3. The monoisotopic (exact) mass is 302 g/mol. The zero-order chi connectivity index (χ0) is 15.6. The lowest BCUT2D eigenvalue weighted by Gasteiger charge is -2.13. The topological polar surface area (TPSA) is 35.5 Å². The average molecular weight is 302 g/mol. The summed E-state index contributed by atoms with van der Waals surface area (Å²) in [6, 6.07) is 1.58. The van der Waals surface area contributed by atoms with Gasteiger partial charge in [0.05, 0.1) is 18.2 Å². The maximum atomic E-state index is 12.6. The SMILES string of the molecule is COC(=O)c1cc(OCC(F)(F)F)cc(C(F)(F)F)c1. The Morgan fingerprint density at radius 1 is 1.10 bits per heavy atom. The molecule has 0 fully saturated rings. The molecule has 0 aliphatic carbocycles. The van der Waals surface area contributed by atoms with E-state index in [0.29, 0.717) is 12.1 Å². The minimum absolute atomic E-state index is 0.373. The maximum absolute atomic E-state index is 12.6. The van der Waals surface area contributed by atoms with Gasteiger partial charge < -0.3 is 9.47 Å². The fourth-order valence-electron chi connectivity index (χ4n) is 1.25. The van der Waals surface area contributed by atoms with Crippen LogP contribution in [0.3, 0.4) is 0 Å². The van der Waals surface area contributed by atoms with Crippen LogP contribution in [0.15, 0.2) is 18.2 Å². The van der Waals surface area contributed by atoms with Gasteiger partial charge in [-0.15, -0.1) is 0 Å². The predicted octanol–water partition coefficient (Wildman–Crippen LogP) is 3.43. The molecule has 0 aliphatic heterocycles. The number of ether oxygens (including phenoxy) is 2. The molecular weight excluding hydrogens is 294 g/mol. The van der Waals surface area contributed by atoms with Gasteiger partial charge in [-0.3, -0.25) is 0 Å². The first kappa shape index (κ1) is 16.1. The molecule has 0 unspecified atom stereocenters. The Morgan fingerprint density at radius 3 is 2.15 bits per heavy atom. The number of carbonyl (C=O) groups is 1. The van der Waals surface area contributed by atoms with Crippen molar-refractivity contribution < 1.29 is 40.6 Å². The van der Waals surface area contributed by atoms with E-state index in [1.807, 2.05) is 0 Å². The lowest BCUT2D eigenvalue weighted by molar-refractivity contribution is -0.153. The highest BCUT2D eigenvalue weighted by Gasteiger charge is 2.33. The second kappa shape index (κ2) is 5.59. The highest BCUT2D eigenvalue weighted by Crippen LogP contribution is 2.33. The Balaban J connectivity index is 3.14. The summed E-state index contributed by atoms with van der Waals surface area (Å²) in [5.74, 6) is -1.84. The summed E-state index contributed by atoms with van der Waals surface area (Å²) in [6.45, 7) is -1.77. The van der Waals surface area contributed by atoms with Gasteiger partial charge >= 0.3 is 18.3 Å². The van der Waals surface area contributed by atoms with Crippen molar-refractivity contribution in [2.75, 3.05) is 13.7 Å². The molecule has 0 radical (unpaired) electrons. The van der Waals surface area contributed by atoms with Crippen molar-refractivity contribution in [1.29, 1.82) is 0 Å². The van der Waals surface area contributed by atoms with Crippen LogP contribution >= 0.6 is 0 Å². The van der Waals surface area contributed by atoms with E-state index in [4.69, 9.17) is 0 Å². The fourth-order valence-corrected chi connectivity index (χ4v) is 1.25. The van der Waals surface area contributed by atoms with Gasteiger partial charge in [-0.05, 0) is 18.2 Å². The molecule has 20 heavy (non-hydrogen) atoms. The van der Waals surface area contributed by atoms with Crippen molar-refractivity contribution in [3.8, 4) is 5.75 Å². The molecule has 0 saturated carbocycles. The summed E-state index contributed by atoms with van der Waals surface area (Å²) < 4.78 is 82.0. The Morgan fingerprint density at radius 2 is 1.70 bits per heavy atom. The molecule has 3 nitrogen and oxygen atoms in total. The first-order valence-electron chi connectivity index (χ1n) is 5.03. The molecule has 112 valence electrons. The summed E-state index contributed by atoms with van der Waals surface area (Å²) in [6.07, 6.45) is -9.54. The standard InChI is InChI=1S/C11H8F6O3/c1-19-9(18)6-2-7(11(15,16)17)4-8(3-6)20-5-10(12,13)14/h2-4H,5H2,1H3. The molecule has 0 saturated heterocycles. The fraction of sp³-hybridized carbons (Fsp3) is 0.364. The molecule has 0 amide bonds. The van der Waals surface area contributed by atoms with E-state index < -0.39 is 41.8 Å². The number of esters is 1. The third kappa shape index (κ3) is 4.63. The lowest BCUT2D eigenvalue weighted by atomic mass is 10.1. The van der Waals surface area contributed by atoms with Crippen LogP contribution in [0.1, 0.15) is 15.9 Å². The van der Waals surface area contributed by atoms with Crippen molar-refractivity contribution >= 4 is 5.97 Å². The molecule has 1 rings (SSSR count). The van der Waals surface area contributed by atoms with Gasteiger partial charge in [-0.1, -0.05) is 0 Å². The van der Waals surface area contributed by atoms with Crippen LogP contribution in [0.25, 0.3) is 0 Å². The molecular formula is C11H8F6O3. The molecule has 0 heterocycles. The first-order valence-corrected chi connectivity index (χ1v) is 5.03. The quantitative estimate of drug-likeness (QED) is 0.634. The molecule has 0 bridgehead atoms. The number of methoxy groups -OCH3 is 1. The first-order chi connectivity index (χ1) is 9.03. The third-order valence-corrected chi connectivity index (χ3v) is 2.06. The molecule has 1 aromatic carbocycles. The summed E-state index contributed by atoms with van der Waals surface area (Å²) in [5.41, 5.74) is -1.86. The maximum Gasteiger partial charge on any atom is 0.422 e. The van der Waals surface area contributed by atoms with Gasteiger partial charge in [0.2, 0.25) is 0 Å². The van der Waals surface area contributed by atoms with Gasteiger partial charge in [0.25, 0.3) is 0 Å². The number of rotatable bonds is 3. The molecule has 0 aliphatic rings. The molecule has 0 aromatic heterocycles. The van der Waals surface area contributed by atoms with Gasteiger partial charge in [-0.25, -0.2) is 4.79 Å². The van der Waals surface area contributed by atoms with Gasteiger partial charge in [0, 0.05) is 0 Å². The number of halogens is 6. The van der Waals surface area contributed by atoms with E-state index >= 15 is 0 Å². The number of carbonyl (C=O) groups excluding carboxylic acids is 1. The Bertz CT molecular complexity index is 492. The number of alkyl halides is 6. The van der Waals surface area contributed by atoms with E-state index in [1.54, 1.807) is 0 Å². The minimum atomic E-state index is -4.83. The summed E-state index contributed by atoms with van der Waals surface area (Å²) in [4.78, 5) is 11.2. The number of hydrogen-bond donors (Lipinski definition) is 0. The largest absolute Gasteiger partial charge is 0.484 e. The predicted molar refractivity (Wildman–Crippen MR) is 54.3 cm³/mol. The van der Waals surface area contributed by atoms with Crippen LogP contribution in [-0.4, -0.2) is 25.9 Å². The lowest BCUT2D eigenvalue weighted by Crippen LogP contribution is -2.20. The Hall–Kier alpha value is -1.93. The molecule has 0 atom stereocenters. The van der Waals surface area contributed by atoms with Gasteiger partial charge in [-0.2, -0.15) is 26.3 Å². The molecule has 1 aromatic rings. The van der Waals surface area contributed by atoms with E-state index in [2.05, 4.69) is 9.47 Å². The highest BCUT2D eigenvalue weighted by atomic mass is 19.4. The van der Waals surface area contributed by atoms with Crippen molar-refractivity contribution in [2.24, 2.45) is 0 Å². The summed E-state index contributed by atoms with van der Waals surface area (Å²) in [7, 11) is 0.929. The smallest absolute Gasteiger partial charge is 0.422 e. The Labute approximate surface area is 109 Å². The van der Waals surface area contributed by atoms with E-state index in [9.17, 15) is 31.1 Å². The zero-order valence-electron chi connectivity index (χ0n) is 9.93.